The molecular weight excluding hydrogens is 210 g/mol. The third-order valence-electron chi connectivity index (χ3n) is 2.64. The maximum absolute atomic E-state index is 10.5. The molecule has 2 heterocycles. The van der Waals surface area contributed by atoms with E-state index in [1.165, 1.54) is 6.20 Å². The van der Waals surface area contributed by atoms with Gasteiger partial charge in [0, 0.05) is 19.6 Å². The minimum absolute atomic E-state index is 0.103. The average molecular weight is 225 g/mol. The van der Waals surface area contributed by atoms with Crippen LogP contribution in [0.25, 0.3) is 0 Å². The number of hydrogen-bond donors (Lipinski definition) is 1. The second-order valence-electron chi connectivity index (χ2n) is 4.08. The Hall–Kier alpha value is -1.36. The molecule has 2 rings (SSSR count). The van der Waals surface area contributed by atoms with Crippen LogP contribution < -0.4 is 0 Å². The first kappa shape index (κ1) is 11.1. The largest absolute Gasteiger partial charge is 0.481 e. The van der Waals surface area contributed by atoms with Crippen molar-refractivity contribution in [2.24, 2.45) is 5.92 Å². The van der Waals surface area contributed by atoms with Crippen LogP contribution in [0.5, 0.6) is 0 Å². The summed E-state index contributed by atoms with van der Waals surface area (Å²) >= 11 is 0. The summed E-state index contributed by atoms with van der Waals surface area (Å²) in [6, 6.07) is 0. The van der Waals surface area contributed by atoms with Crippen LogP contribution in [0.2, 0.25) is 0 Å². The number of oxazole rings is 1. The summed E-state index contributed by atoms with van der Waals surface area (Å²) in [5.74, 6) is 0.583. The molecule has 88 valence electrons. The number of hydrogen-bond acceptors (Lipinski definition) is 4. The minimum atomic E-state index is -0.899. The number of carboxylic acids is 1. The quantitative estimate of drug-likeness (QED) is 0.835. The van der Waals surface area contributed by atoms with Crippen LogP contribution in [0.15, 0.2) is 10.6 Å². The van der Waals surface area contributed by atoms with Crippen LogP contribution in [0, 0.1) is 5.92 Å². The number of rotatable bonds is 4. The predicted octanol–water partition coefficient (Wildman–Crippen LogP) is 1.27. The Morgan fingerprint density at radius 2 is 2.50 bits per heavy atom. The Kier molecular flexibility index (Phi) is 3.56. The third kappa shape index (κ3) is 3.06. The van der Waals surface area contributed by atoms with Crippen LogP contribution in [0.3, 0.4) is 0 Å². The molecule has 16 heavy (non-hydrogen) atoms. The fourth-order valence-corrected chi connectivity index (χ4v) is 1.89. The summed E-state index contributed by atoms with van der Waals surface area (Å²) in [7, 11) is 0. The highest BCUT2D eigenvalue weighted by molar-refractivity contribution is 5.69. The normalized spacial score (nSPS) is 20.9. The summed E-state index contributed by atoms with van der Waals surface area (Å²) in [4.78, 5) is 14.5. The first-order valence-corrected chi connectivity index (χ1v) is 5.47. The van der Waals surface area contributed by atoms with E-state index in [-0.39, 0.29) is 6.42 Å². The van der Waals surface area contributed by atoms with Gasteiger partial charge in [-0.25, -0.2) is 4.98 Å². The molecule has 0 radical (unpaired) electrons. The highest BCUT2D eigenvalue weighted by Gasteiger charge is 2.17. The van der Waals surface area contributed by atoms with Crippen molar-refractivity contribution in [1.29, 1.82) is 0 Å². The molecule has 0 saturated carbocycles. The lowest BCUT2D eigenvalue weighted by atomic mass is 9.99. The summed E-state index contributed by atoms with van der Waals surface area (Å²) in [6.07, 6.45) is 4.32. The average Bonchev–Trinajstić information content (AvgIpc) is 2.66. The SMILES string of the molecule is O=C(O)Cc1cnc(CC2CCCOC2)o1. The van der Waals surface area contributed by atoms with Gasteiger partial charge in [-0.15, -0.1) is 0 Å². The highest BCUT2D eigenvalue weighted by atomic mass is 16.5. The van der Waals surface area contributed by atoms with Crippen LogP contribution in [0.4, 0.5) is 0 Å². The van der Waals surface area contributed by atoms with E-state index in [0.717, 1.165) is 32.5 Å². The van der Waals surface area contributed by atoms with Gasteiger partial charge in [0.25, 0.3) is 0 Å². The number of ether oxygens (including phenoxy) is 1. The van der Waals surface area contributed by atoms with E-state index in [0.29, 0.717) is 17.6 Å². The monoisotopic (exact) mass is 225 g/mol. The van der Waals surface area contributed by atoms with E-state index in [2.05, 4.69) is 4.98 Å². The number of carbonyl (C=O) groups is 1. The zero-order valence-electron chi connectivity index (χ0n) is 9.02. The summed E-state index contributed by atoms with van der Waals surface area (Å²) in [5, 5.41) is 8.59. The molecule has 1 aromatic heterocycles. The molecule has 0 amide bonds. The van der Waals surface area contributed by atoms with Crippen LogP contribution >= 0.6 is 0 Å². The molecule has 1 unspecified atom stereocenters. The Labute approximate surface area is 93.4 Å². The van der Waals surface area contributed by atoms with Gasteiger partial charge in [-0.2, -0.15) is 0 Å². The van der Waals surface area contributed by atoms with E-state index < -0.39 is 5.97 Å². The molecule has 0 aliphatic carbocycles. The zero-order valence-corrected chi connectivity index (χ0v) is 9.02. The topological polar surface area (TPSA) is 72.6 Å². The fraction of sp³-hybridized carbons (Fsp3) is 0.636. The maximum atomic E-state index is 10.5. The van der Waals surface area contributed by atoms with E-state index in [4.69, 9.17) is 14.3 Å². The zero-order chi connectivity index (χ0) is 11.4. The van der Waals surface area contributed by atoms with Crippen LogP contribution in [-0.2, 0) is 22.4 Å². The summed E-state index contributed by atoms with van der Waals surface area (Å²) in [5.41, 5.74) is 0. The molecule has 1 atom stereocenters. The second-order valence-corrected chi connectivity index (χ2v) is 4.08. The van der Waals surface area contributed by atoms with Gasteiger partial charge in [-0.3, -0.25) is 4.79 Å². The van der Waals surface area contributed by atoms with E-state index in [1.54, 1.807) is 0 Å². The van der Waals surface area contributed by atoms with Gasteiger partial charge in [0.05, 0.1) is 6.20 Å². The molecule has 0 bridgehead atoms. The molecule has 1 aliphatic rings. The summed E-state index contributed by atoms with van der Waals surface area (Å²) < 4.78 is 10.7. The molecule has 5 nitrogen and oxygen atoms in total. The number of aromatic nitrogens is 1. The Bertz CT molecular complexity index is 355. The van der Waals surface area contributed by atoms with E-state index >= 15 is 0 Å². The van der Waals surface area contributed by atoms with Gasteiger partial charge in [0.1, 0.15) is 12.2 Å². The Morgan fingerprint density at radius 1 is 1.62 bits per heavy atom. The van der Waals surface area contributed by atoms with Gasteiger partial charge in [0.2, 0.25) is 0 Å². The molecule has 1 saturated heterocycles. The first-order chi connectivity index (χ1) is 7.74. The summed E-state index contributed by atoms with van der Waals surface area (Å²) in [6.45, 7) is 1.59. The maximum Gasteiger partial charge on any atom is 0.311 e. The smallest absolute Gasteiger partial charge is 0.311 e. The van der Waals surface area contributed by atoms with Crippen molar-refractivity contribution < 1.29 is 19.1 Å². The van der Waals surface area contributed by atoms with Gasteiger partial charge < -0.3 is 14.3 Å². The van der Waals surface area contributed by atoms with Crippen molar-refractivity contribution in [2.45, 2.75) is 25.7 Å². The minimum Gasteiger partial charge on any atom is -0.481 e. The van der Waals surface area contributed by atoms with Crippen molar-refractivity contribution >= 4 is 5.97 Å². The lowest BCUT2D eigenvalue weighted by molar-refractivity contribution is -0.136. The number of aliphatic carboxylic acids is 1. The lowest BCUT2D eigenvalue weighted by Crippen LogP contribution is -2.19. The first-order valence-electron chi connectivity index (χ1n) is 5.47. The van der Waals surface area contributed by atoms with Crippen molar-refractivity contribution in [3.05, 3.63) is 17.8 Å². The molecule has 1 fully saturated rings. The van der Waals surface area contributed by atoms with Gasteiger partial charge >= 0.3 is 5.97 Å². The van der Waals surface area contributed by atoms with Crippen LogP contribution in [0.1, 0.15) is 24.5 Å². The number of carboxylic acid groups (broad SMARTS) is 1. The molecule has 5 heteroatoms. The molecule has 1 aliphatic heterocycles. The standard InChI is InChI=1S/C11H15NO4/c13-11(14)5-9-6-12-10(16-9)4-8-2-1-3-15-7-8/h6,8H,1-5,7H2,(H,13,14). The Morgan fingerprint density at radius 3 is 3.19 bits per heavy atom. The molecule has 0 spiro atoms. The van der Waals surface area contributed by atoms with Crippen molar-refractivity contribution in [1.82, 2.24) is 4.98 Å². The highest BCUT2D eigenvalue weighted by Crippen LogP contribution is 2.18. The molecule has 0 aromatic carbocycles. The second kappa shape index (κ2) is 5.12. The Balaban J connectivity index is 1.88. The molecular formula is C11H15NO4. The number of nitrogens with zero attached hydrogens (tertiary/aromatic N) is 1. The van der Waals surface area contributed by atoms with Crippen molar-refractivity contribution in [2.75, 3.05) is 13.2 Å². The molecule has 1 aromatic rings. The van der Waals surface area contributed by atoms with E-state index in [1.807, 2.05) is 0 Å². The molecule has 1 N–H and O–H groups in total. The van der Waals surface area contributed by atoms with Gasteiger partial charge in [-0.05, 0) is 18.8 Å². The van der Waals surface area contributed by atoms with Crippen molar-refractivity contribution in [3.8, 4) is 0 Å². The van der Waals surface area contributed by atoms with Gasteiger partial charge in [0.15, 0.2) is 5.89 Å². The predicted molar refractivity (Wildman–Crippen MR) is 55.1 cm³/mol. The third-order valence-corrected chi connectivity index (χ3v) is 2.64. The van der Waals surface area contributed by atoms with E-state index in [9.17, 15) is 4.79 Å². The van der Waals surface area contributed by atoms with Crippen LogP contribution in [-0.4, -0.2) is 29.3 Å². The van der Waals surface area contributed by atoms with Crippen molar-refractivity contribution in [3.63, 3.8) is 0 Å². The lowest BCUT2D eigenvalue weighted by Gasteiger charge is -2.20. The van der Waals surface area contributed by atoms with Gasteiger partial charge in [-0.1, -0.05) is 0 Å². The fourth-order valence-electron chi connectivity index (χ4n) is 1.89.